The number of nitrogens with one attached hydrogen (secondary N) is 1. The second-order valence-electron chi connectivity index (χ2n) is 8.23. The zero-order valence-corrected chi connectivity index (χ0v) is 19.9. The number of aromatic nitrogens is 2. The van der Waals surface area contributed by atoms with Gasteiger partial charge in [0.25, 0.3) is 11.5 Å². The topological polar surface area (TPSA) is 93.5 Å². The molecule has 0 aliphatic carbocycles. The Hall–Kier alpha value is -3.20. The molecule has 33 heavy (non-hydrogen) atoms. The van der Waals surface area contributed by atoms with Crippen molar-refractivity contribution in [3.05, 3.63) is 51.4 Å². The third kappa shape index (κ3) is 4.64. The Balaban J connectivity index is 1.60. The van der Waals surface area contributed by atoms with E-state index in [9.17, 15) is 14.4 Å². The number of piperidine rings is 1. The van der Waals surface area contributed by atoms with Gasteiger partial charge in [0.2, 0.25) is 5.91 Å². The standard InChI is InChI=1S/C24H28N4O4S/c1-4-32-18-11-6-5-10-17(18)26-22(30)21-16(3)20-23(33-21)25-14-27(24(20)31)13-19(29)28-12-8-7-9-15(28)2/h5-6,10-11,14-15H,4,7-9,12-13H2,1-3H3,(H,26,30)/t15-/m1/s1. The summed E-state index contributed by atoms with van der Waals surface area (Å²) < 4.78 is 6.92. The van der Waals surface area contributed by atoms with Crippen molar-refractivity contribution in [1.29, 1.82) is 0 Å². The molecule has 2 aromatic heterocycles. The van der Waals surface area contributed by atoms with E-state index < -0.39 is 0 Å². The first kappa shape index (κ1) is 23.0. The van der Waals surface area contributed by atoms with E-state index in [1.54, 1.807) is 19.1 Å². The molecule has 1 fully saturated rings. The Labute approximate surface area is 196 Å². The highest BCUT2D eigenvalue weighted by atomic mass is 32.1. The number of rotatable bonds is 6. The van der Waals surface area contributed by atoms with E-state index in [2.05, 4.69) is 10.3 Å². The monoisotopic (exact) mass is 468 g/mol. The van der Waals surface area contributed by atoms with Crippen LogP contribution in [0.2, 0.25) is 0 Å². The van der Waals surface area contributed by atoms with Crippen LogP contribution in [0, 0.1) is 6.92 Å². The molecule has 1 saturated heterocycles. The quantitative estimate of drug-likeness (QED) is 0.594. The van der Waals surface area contributed by atoms with Crippen LogP contribution in [0.4, 0.5) is 5.69 Å². The van der Waals surface area contributed by atoms with Crippen LogP contribution in [0.5, 0.6) is 5.75 Å². The number of nitrogens with zero attached hydrogens (tertiary/aromatic N) is 3. The van der Waals surface area contributed by atoms with Crippen molar-refractivity contribution < 1.29 is 14.3 Å². The highest BCUT2D eigenvalue weighted by Crippen LogP contribution is 2.30. The van der Waals surface area contributed by atoms with Crippen LogP contribution < -0.4 is 15.6 Å². The van der Waals surface area contributed by atoms with E-state index in [0.29, 0.717) is 38.7 Å². The molecular formula is C24H28N4O4S. The van der Waals surface area contributed by atoms with E-state index in [4.69, 9.17) is 4.74 Å². The van der Waals surface area contributed by atoms with Crippen LogP contribution in [0.1, 0.15) is 48.3 Å². The highest BCUT2D eigenvalue weighted by Gasteiger charge is 2.25. The number of para-hydroxylation sites is 2. The van der Waals surface area contributed by atoms with Gasteiger partial charge in [0.05, 0.1) is 28.9 Å². The number of carbonyl (C=O) groups is 2. The first-order valence-electron chi connectivity index (χ1n) is 11.2. The van der Waals surface area contributed by atoms with Gasteiger partial charge in [0, 0.05) is 12.6 Å². The number of amides is 2. The van der Waals surface area contributed by atoms with Crippen molar-refractivity contribution >= 4 is 39.1 Å². The Kier molecular flexibility index (Phi) is 6.78. The van der Waals surface area contributed by atoms with Crippen LogP contribution in [0.25, 0.3) is 10.2 Å². The Bertz CT molecular complexity index is 1250. The van der Waals surface area contributed by atoms with Gasteiger partial charge < -0.3 is 15.0 Å². The van der Waals surface area contributed by atoms with Crippen molar-refractivity contribution in [2.45, 2.75) is 52.6 Å². The fraction of sp³-hybridized carbons (Fsp3) is 0.417. The largest absolute Gasteiger partial charge is 0.492 e. The number of anilines is 1. The molecule has 2 amide bonds. The lowest BCUT2D eigenvalue weighted by Gasteiger charge is -2.33. The predicted molar refractivity (Wildman–Crippen MR) is 129 cm³/mol. The molecule has 3 heterocycles. The minimum atomic E-state index is -0.327. The number of aryl methyl sites for hydroxylation is 1. The number of hydrogen-bond acceptors (Lipinski definition) is 6. The van der Waals surface area contributed by atoms with Crippen molar-refractivity contribution in [2.24, 2.45) is 0 Å². The summed E-state index contributed by atoms with van der Waals surface area (Å²) in [6, 6.07) is 7.39. The number of ether oxygens (including phenoxy) is 1. The molecule has 0 radical (unpaired) electrons. The minimum Gasteiger partial charge on any atom is -0.492 e. The van der Waals surface area contributed by atoms with Gasteiger partial charge in [0.1, 0.15) is 17.1 Å². The molecule has 0 saturated carbocycles. The summed E-state index contributed by atoms with van der Waals surface area (Å²) in [5.74, 6) is 0.175. The van der Waals surface area contributed by atoms with Crippen molar-refractivity contribution in [1.82, 2.24) is 14.5 Å². The summed E-state index contributed by atoms with van der Waals surface area (Å²) in [6.45, 7) is 6.80. The lowest BCUT2D eigenvalue weighted by molar-refractivity contribution is -0.135. The smallest absolute Gasteiger partial charge is 0.266 e. The van der Waals surface area contributed by atoms with Gasteiger partial charge in [-0.1, -0.05) is 12.1 Å². The van der Waals surface area contributed by atoms with Crippen molar-refractivity contribution in [3.8, 4) is 5.75 Å². The number of carbonyl (C=O) groups excluding carboxylic acids is 2. The lowest BCUT2D eigenvalue weighted by atomic mass is 10.0. The van der Waals surface area contributed by atoms with Crippen LogP contribution in [0.3, 0.4) is 0 Å². The predicted octanol–water partition coefficient (Wildman–Crippen LogP) is 3.82. The summed E-state index contributed by atoms with van der Waals surface area (Å²) in [5.41, 5.74) is 0.820. The first-order valence-corrected chi connectivity index (χ1v) is 12.0. The van der Waals surface area contributed by atoms with Gasteiger partial charge in [-0.3, -0.25) is 19.0 Å². The zero-order valence-electron chi connectivity index (χ0n) is 19.1. The van der Waals surface area contributed by atoms with Gasteiger partial charge >= 0.3 is 0 Å². The number of fused-ring (bicyclic) bond motifs is 1. The molecule has 0 bridgehead atoms. The normalized spacial score (nSPS) is 16.1. The Morgan fingerprint density at radius 3 is 2.82 bits per heavy atom. The second-order valence-corrected chi connectivity index (χ2v) is 9.23. The fourth-order valence-corrected chi connectivity index (χ4v) is 5.26. The molecule has 3 aromatic rings. The number of thiophene rings is 1. The molecule has 0 spiro atoms. The number of likely N-dealkylation sites (tertiary alicyclic amines) is 1. The molecule has 1 aliphatic rings. The molecule has 1 atom stereocenters. The lowest BCUT2D eigenvalue weighted by Crippen LogP contribution is -2.44. The molecule has 8 nitrogen and oxygen atoms in total. The van der Waals surface area contributed by atoms with Gasteiger partial charge in [0.15, 0.2) is 0 Å². The molecule has 1 N–H and O–H groups in total. The Morgan fingerprint density at radius 1 is 1.27 bits per heavy atom. The SMILES string of the molecule is CCOc1ccccc1NC(=O)c1sc2ncn(CC(=O)N3CCCC[C@H]3C)c(=O)c2c1C. The molecule has 9 heteroatoms. The van der Waals surface area contributed by atoms with Gasteiger partial charge in [-0.05, 0) is 57.7 Å². The van der Waals surface area contributed by atoms with E-state index in [1.165, 1.54) is 22.2 Å². The van der Waals surface area contributed by atoms with Crippen molar-refractivity contribution in [3.63, 3.8) is 0 Å². The number of benzene rings is 1. The number of hydrogen-bond donors (Lipinski definition) is 1. The maximum atomic E-state index is 13.2. The molecule has 1 aliphatic heterocycles. The fourth-order valence-electron chi connectivity index (χ4n) is 4.22. The van der Waals surface area contributed by atoms with Crippen molar-refractivity contribution in [2.75, 3.05) is 18.5 Å². The van der Waals surface area contributed by atoms with Crippen LogP contribution in [-0.2, 0) is 11.3 Å². The van der Waals surface area contributed by atoms with E-state index >= 15 is 0 Å². The third-order valence-electron chi connectivity index (χ3n) is 5.99. The summed E-state index contributed by atoms with van der Waals surface area (Å²) in [7, 11) is 0. The molecule has 4 rings (SSSR count). The molecular weight excluding hydrogens is 440 g/mol. The highest BCUT2D eigenvalue weighted by molar-refractivity contribution is 7.20. The zero-order chi connectivity index (χ0) is 23.5. The maximum absolute atomic E-state index is 13.2. The second kappa shape index (κ2) is 9.74. The van der Waals surface area contributed by atoms with E-state index in [1.807, 2.05) is 30.9 Å². The van der Waals surface area contributed by atoms with Crippen LogP contribution in [-0.4, -0.2) is 45.5 Å². The average Bonchev–Trinajstić information content (AvgIpc) is 3.14. The van der Waals surface area contributed by atoms with Gasteiger partial charge in [-0.15, -0.1) is 11.3 Å². The summed E-state index contributed by atoms with van der Waals surface area (Å²) in [5, 5.41) is 3.26. The molecule has 174 valence electrons. The summed E-state index contributed by atoms with van der Waals surface area (Å²) in [6.07, 6.45) is 4.48. The Morgan fingerprint density at radius 2 is 2.06 bits per heavy atom. The van der Waals surface area contributed by atoms with Crippen LogP contribution in [0.15, 0.2) is 35.4 Å². The van der Waals surface area contributed by atoms with Gasteiger partial charge in [-0.25, -0.2) is 4.98 Å². The summed E-state index contributed by atoms with van der Waals surface area (Å²) in [4.78, 5) is 46.2. The summed E-state index contributed by atoms with van der Waals surface area (Å²) >= 11 is 1.17. The van der Waals surface area contributed by atoms with E-state index in [-0.39, 0.29) is 30.0 Å². The van der Waals surface area contributed by atoms with Crippen LogP contribution >= 0.6 is 11.3 Å². The van der Waals surface area contributed by atoms with E-state index in [0.717, 1.165) is 25.8 Å². The molecule has 1 aromatic carbocycles. The molecule has 0 unspecified atom stereocenters. The van der Waals surface area contributed by atoms with Gasteiger partial charge in [-0.2, -0.15) is 0 Å². The maximum Gasteiger partial charge on any atom is 0.266 e. The third-order valence-corrected chi connectivity index (χ3v) is 7.19. The minimum absolute atomic E-state index is 0.0509. The first-order chi connectivity index (χ1) is 15.9. The average molecular weight is 469 g/mol.